The predicted octanol–water partition coefficient (Wildman–Crippen LogP) is 2.45. The summed E-state index contributed by atoms with van der Waals surface area (Å²) in [6.45, 7) is 2.70. The SMILES string of the molecule is CCN(CC=N)C(=O)c1ccc(-c2cccnc2)o1. The second kappa shape index (κ2) is 5.95. The van der Waals surface area contributed by atoms with Gasteiger partial charge < -0.3 is 14.7 Å². The van der Waals surface area contributed by atoms with E-state index in [9.17, 15) is 4.79 Å². The Hall–Kier alpha value is -2.43. The highest BCUT2D eigenvalue weighted by Gasteiger charge is 2.17. The summed E-state index contributed by atoms with van der Waals surface area (Å²) in [5, 5.41) is 7.07. The van der Waals surface area contributed by atoms with Crippen molar-refractivity contribution in [2.75, 3.05) is 13.1 Å². The highest BCUT2D eigenvalue weighted by atomic mass is 16.4. The van der Waals surface area contributed by atoms with Gasteiger partial charge in [-0.3, -0.25) is 9.78 Å². The Balaban J connectivity index is 2.21. The van der Waals surface area contributed by atoms with Gasteiger partial charge in [-0.2, -0.15) is 0 Å². The molecular formula is C14H15N3O2. The van der Waals surface area contributed by atoms with E-state index < -0.39 is 0 Å². The standard InChI is InChI=1S/C14H15N3O2/c1-2-17(9-7-15)14(18)13-6-5-12(19-13)11-4-3-8-16-10-11/h3-8,10,15H,2,9H2,1H3. The number of rotatable bonds is 5. The molecule has 0 saturated carbocycles. The molecule has 0 aliphatic heterocycles. The molecule has 1 amide bonds. The van der Waals surface area contributed by atoms with Gasteiger partial charge in [0.1, 0.15) is 5.76 Å². The lowest BCUT2D eigenvalue weighted by Gasteiger charge is -2.16. The second-order valence-corrected chi connectivity index (χ2v) is 3.95. The lowest BCUT2D eigenvalue weighted by Crippen LogP contribution is -2.31. The summed E-state index contributed by atoms with van der Waals surface area (Å²) in [5.74, 6) is 0.686. The molecule has 2 rings (SSSR count). The normalized spacial score (nSPS) is 10.2. The smallest absolute Gasteiger partial charge is 0.289 e. The summed E-state index contributed by atoms with van der Waals surface area (Å²) in [5.41, 5.74) is 0.830. The van der Waals surface area contributed by atoms with E-state index >= 15 is 0 Å². The van der Waals surface area contributed by atoms with Gasteiger partial charge in [0.15, 0.2) is 5.76 Å². The third-order valence-electron chi connectivity index (χ3n) is 2.74. The van der Waals surface area contributed by atoms with Crippen LogP contribution in [0.15, 0.2) is 41.1 Å². The largest absolute Gasteiger partial charge is 0.451 e. The number of hydrogen-bond donors (Lipinski definition) is 1. The Morgan fingerprint density at radius 3 is 2.95 bits per heavy atom. The molecular weight excluding hydrogens is 242 g/mol. The van der Waals surface area contributed by atoms with Crippen molar-refractivity contribution >= 4 is 12.1 Å². The first-order valence-electron chi connectivity index (χ1n) is 6.04. The third-order valence-corrected chi connectivity index (χ3v) is 2.74. The Morgan fingerprint density at radius 1 is 1.47 bits per heavy atom. The Bertz CT molecular complexity index is 563. The van der Waals surface area contributed by atoms with Crippen molar-refractivity contribution in [3.63, 3.8) is 0 Å². The maximum absolute atomic E-state index is 12.1. The molecule has 0 radical (unpaired) electrons. The fraction of sp³-hybridized carbons (Fsp3) is 0.214. The molecule has 0 fully saturated rings. The number of amides is 1. The van der Waals surface area contributed by atoms with Gasteiger partial charge in [-0.05, 0) is 31.2 Å². The van der Waals surface area contributed by atoms with E-state index in [2.05, 4.69) is 4.98 Å². The molecule has 0 saturated heterocycles. The van der Waals surface area contributed by atoms with Crippen molar-refractivity contribution in [2.24, 2.45) is 0 Å². The molecule has 2 aromatic heterocycles. The van der Waals surface area contributed by atoms with Crippen LogP contribution in [0.1, 0.15) is 17.5 Å². The van der Waals surface area contributed by atoms with Gasteiger partial charge in [0.25, 0.3) is 5.91 Å². The highest BCUT2D eigenvalue weighted by molar-refractivity contribution is 5.93. The summed E-state index contributed by atoms with van der Waals surface area (Å²) >= 11 is 0. The van der Waals surface area contributed by atoms with Crippen LogP contribution in [0.4, 0.5) is 0 Å². The molecule has 0 unspecified atom stereocenters. The van der Waals surface area contributed by atoms with Crippen molar-refractivity contribution in [3.8, 4) is 11.3 Å². The van der Waals surface area contributed by atoms with Gasteiger partial charge in [-0.15, -0.1) is 0 Å². The number of nitrogens with zero attached hydrogens (tertiary/aromatic N) is 2. The van der Waals surface area contributed by atoms with Gasteiger partial charge in [0.2, 0.25) is 0 Å². The first kappa shape index (κ1) is 13.0. The number of carbonyl (C=O) groups excluding carboxylic acids is 1. The van der Waals surface area contributed by atoms with Gasteiger partial charge in [0, 0.05) is 30.7 Å². The van der Waals surface area contributed by atoms with Gasteiger partial charge in [-0.25, -0.2) is 0 Å². The van der Waals surface area contributed by atoms with Crippen LogP contribution in [0.25, 0.3) is 11.3 Å². The van der Waals surface area contributed by atoms with Crippen molar-refractivity contribution in [2.45, 2.75) is 6.92 Å². The Labute approximate surface area is 111 Å². The molecule has 2 aromatic rings. The fourth-order valence-electron chi connectivity index (χ4n) is 1.74. The zero-order chi connectivity index (χ0) is 13.7. The molecule has 0 bridgehead atoms. The van der Waals surface area contributed by atoms with Crippen LogP contribution in [0.2, 0.25) is 0 Å². The molecule has 0 aliphatic carbocycles. The van der Waals surface area contributed by atoms with E-state index in [0.717, 1.165) is 5.56 Å². The number of aromatic nitrogens is 1. The van der Waals surface area contributed by atoms with Crippen LogP contribution in [0, 0.1) is 5.41 Å². The number of pyridine rings is 1. The lowest BCUT2D eigenvalue weighted by atomic mass is 10.2. The molecule has 5 heteroatoms. The van der Waals surface area contributed by atoms with Crippen molar-refractivity contribution in [1.82, 2.24) is 9.88 Å². The monoisotopic (exact) mass is 257 g/mol. The maximum Gasteiger partial charge on any atom is 0.289 e. The van der Waals surface area contributed by atoms with E-state index in [1.807, 2.05) is 19.1 Å². The second-order valence-electron chi connectivity index (χ2n) is 3.95. The fourth-order valence-corrected chi connectivity index (χ4v) is 1.74. The van der Waals surface area contributed by atoms with Crippen LogP contribution in [0.5, 0.6) is 0 Å². The average molecular weight is 257 g/mol. The Kier molecular flexibility index (Phi) is 4.07. The zero-order valence-electron chi connectivity index (χ0n) is 10.7. The van der Waals surface area contributed by atoms with Crippen LogP contribution < -0.4 is 0 Å². The summed E-state index contributed by atoms with van der Waals surface area (Å²) in [6, 6.07) is 7.09. The summed E-state index contributed by atoms with van der Waals surface area (Å²) in [4.78, 5) is 17.7. The molecule has 0 atom stereocenters. The van der Waals surface area contributed by atoms with Crippen LogP contribution in [-0.4, -0.2) is 35.1 Å². The van der Waals surface area contributed by atoms with E-state index in [1.165, 1.54) is 6.21 Å². The molecule has 1 N–H and O–H groups in total. The molecule has 19 heavy (non-hydrogen) atoms. The lowest BCUT2D eigenvalue weighted by molar-refractivity contribution is 0.0758. The van der Waals surface area contributed by atoms with Crippen LogP contribution >= 0.6 is 0 Å². The number of hydrogen-bond acceptors (Lipinski definition) is 4. The van der Waals surface area contributed by atoms with Crippen molar-refractivity contribution in [3.05, 3.63) is 42.4 Å². The molecule has 0 aromatic carbocycles. The number of carbonyl (C=O) groups is 1. The minimum atomic E-state index is -0.207. The van der Waals surface area contributed by atoms with Crippen LogP contribution in [-0.2, 0) is 0 Å². The summed E-state index contributed by atoms with van der Waals surface area (Å²) in [7, 11) is 0. The van der Waals surface area contributed by atoms with E-state index in [-0.39, 0.29) is 18.2 Å². The number of nitrogens with one attached hydrogen (secondary N) is 1. The highest BCUT2D eigenvalue weighted by Crippen LogP contribution is 2.21. The van der Waals surface area contributed by atoms with E-state index in [0.29, 0.717) is 12.3 Å². The Morgan fingerprint density at radius 2 is 2.32 bits per heavy atom. The minimum absolute atomic E-state index is 0.207. The molecule has 2 heterocycles. The predicted molar refractivity (Wildman–Crippen MR) is 72.3 cm³/mol. The molecule has 98 valence electrons. The van der Waals surface area contributed by atoms with Crippen molar-refractivity contribution in [1.29, 1.82) is 5.41 Å². The van der Waals surface area contributed by atoms with Crippen molar-refractivity contribution < 1.29 is 9.21 Å². The van der Waals surface area contributed by atoms with Gasteiger partial charge in [-0.1, -0.05) is 0 Å². The molecule has 0 aliphatic rings. The first-order valence-corrected chi connectivity index (χ1v) is 6.04. The third kappa shape index (κ3) is 2.88. The first-order chi connectivity index (χ1) is 9.26. The average Bonchev–Trinajstić information content (AvgIpc) is 2.95. The minimum Gasteiger partial charge on any atom is -0.451 e. The topological polar surface area (TPSA) is 70.2 Å². The van der Waals surface area contributed by atoms with Crippen LogP contribution in [0.3, 0.4) is 0 Å². The zero-order valence-corrected chi connectivity index (χ0v) is 10.7. The number of furan rings is 1. The summed E-state index contributed by atoms with van der Waals surface area (Å²) in [6.07, 6.45) is 4.57. The van der Waals surface area contributed by atoms with E-state index in [4.69, 9.17) is 9.83 Å². The quantitative estimate of drug-likeness (QED) is 0.836. The van der Waals surface area contributed by atoms with E-state index in [1.54, 1.807) is 29.4 Å². The molecule has 0 spiro atoms. The maximum atomic E-state index is 12.1. The molecule has 5 nitrogen and oxygen atoms in total. The summed E-state index contributed by atoms with van der Waals surface area (Å²) < 4.78 is 5.55. The van der Waals surface area contributed by atoms with Gasteiger partial charge >= 0.3 is 0 Å². The van der Waals surface area contributed by atoms with Gasteiger partial charge in [0.05, 0.1) is 6.54 Å².